The third-order valence-corrected chi connectivity index (χ3v) is 3.29. The molecule has 3 aromatic rings. The first-order valence-electron chi connectivity index (χ1n) is 6.53. The van der Waals surface area contributed by atoms with Gasteiger partial charge in [-0.05, 0) is 49.7 Å². The van der Waals surface area contributed by atoms with E-state index in [1.165, 1.54) is 12.1 Å². The van der Waals surface area contributed by atoms with E-state index in [0.717, 1.165) is 33.5 Å². The van der Waals surface area contributed by atoms with Gasteiger partial charge in [-0.25, -0.2) is 4.39 Å². The summed E-state index contributed by atoms with van der Waals surface area (Å²) in [5.41, 5.74) is 4.95. The lowest BCUT2D eigenvalue weighted by molar-refractivity contribution is -0.00000477. The Hall–Kier alpha value is -2.13. The number of rotatable bonds is 2. The molecule has 0 saturated carbocycles. The zero-order chi connectivity index (χ0) is 14.1. The molecule has 1 heterocycles. The largest absolute Gasteiger partial charge is 1.00 e. The van der Waals surface area contributed by atoms with Crippen LogP contribution in [0.1, 0.15) is 11.3 Å². The summed E-state index contributed by atoms with van der Waals surface area (Å²) in [6.07, 6.45) is 0. The maximum Gasteiger partial charge on any atom is 0.123 e. The molecular formula is C17H15ClFN2-. The first-order chi connectivity index (χ1) is 9.63. The zero-order valence-corrected chi connectivity index (χ0v) is 12.6. The number of halogens is 2. The normalized spacial score (nSPS) is 10.2. The molecule has 1 aromatic heterocycles. The molecule has 0 unspecified atom stereocenters. The van der Waals surface area contributed by atoms with E-state index in [1.807, 2.05) is 25.1 Å². The van der Waals surface area contributed by atoms with Crippen molar-refractivity contribution in [2.45, 2.75) is 13.8 Å². The minimum atomic E-state index is -0.234. The monoisotopic (exact) mass is 301 g/mol. The molecule has 0 amide bonds. The second-order valence-electron chi connectivity index (χ2n) is 4.91. The Morgan fingerprint density at radius 3 is 2.43 bits per heavy atom. The van der Waals surface area contributed by atoms with Crippen LogP contribution in [0.4, 0.5) is 15.8 Å². The van der Waals surface area contributed by atoms with Crippen molar-refractivity contribution in [1.82, 2.24) is 4.98 Å². The summed E-state index contributed by atoms with van der Waals surface area (Å²) in [7, 11) is 0. The van der Waals surface area contributed by atoms with Crippen LogP contribution in [-0.4, -0.2) is 4.98 Å². The van der Waals surface area contributed by atoms with E-state index >= 15 is 0 Å². The van der Waals surface area contributed by atoms with Crippen LogP contribution in [0, 0.1) is 19.7 Å². The lowest BCUT2D eigenvalue weighted by Gasteiger charge is -2.12. The molecule has 0 fully saturated rings. The lowest BCUT2D eigenvalue weighted by atomic mass is 10.1. The van der Waals surface area contributed by atoms with Crippen molar-refractivity contribution in [3.63, 3.8) is 0 Å². The summed E-state index contributed by atoms with van der Waals surface area (Å²) >= 11 is 0. The van der Waals surface area contributed by atoms with Gasteiger partial charge in [0, 0.05) is 22.5 Å². The van der Waals surface area contributed by atoms with Crippen molar-refractivity contribution in [1.29, 1.82) is 0 Å². The van der Waals surface area contributed by atoms with Crippen molar-refractivity contribution >= 4 is 22.3 Å². The highest BCUT2D eigenvalue weighted by Crippen LogP contribution is 2.28. The van der Waals surface area contributed by atoms with Gasteiger partial charge in [0.05, 0.1) is 5.52 Å². The van der Waals surface area contributed by atoms with Crippen LogP contribution in [0.5, 0.6) is 0 Å². The minimum Gasteiger partial charge on any atom is -1.00 e. The van der Waals surface area contributed by atoms with Gasteiger partial charge in [-0.1, -0.05) is 18.2 Å². The Balaban J connectivity index is 0.00000161. The molecule has 2 nitrogen and oxygen atoms in total. The number of hydrogen-bond acceptors (Lipinski definition) is 2. The predicted octanol–water partition coefficient (Wildman–Crippen LogP) is 1.74. The molecule has 0 atom stereocenters. The molecule has 4 heteroatoms. The van der Waals surface area contributed by atoms with Crippen molar-refractivity contribution in [2.24, 2.45) is 0 Å². The van der Waals surface area contributed by atoms with E-state index in [-0.39, 0.29) is 18.2 Å². The number of nitrogens with zero attached hydrogens (tertiary/aromatic N) is 1. The Bertz CT molecular complexity index is 770. The average molecular weight is 302 g/mol. The summed E-state index contributed by atoms with van der Waals surface area (Å²) < 4.78 is 13.0. The first-order valence-corrected chi connectivity index (χ1v) is 6.53. The fourth-order valence-corrected chi connectivity index (χ4v) is 2.31. The van der Waals surface area contributed by atoms with Gasteiger partial charge in [-0.3, -0.25) is 4.98 Å². The van der Waals surface area contributed by atoms with Crippen LogP contribution >= 0.6 is 0 Å². The minimum absolute atomic E-state index is 0. The molecule has 0 spiro atoms. The summed E-state index contributed by atoms with van der Waals surface area (Å²) in [6, 6.07) is 14.5. The van der Waals surface area contributed by atoms with Crippen molar-refractivity contribution in [3.05, 3.63) is 65.6 Å². The van der Waals surface area contributed by atoms with Crippen molar-refractivity contribution in [2.75, 3.05) is 5.32 Å². The summed E-state index contributed by atoms with van der Waals surface area (Å²) in [5, 5.41) is 4.40. The first kappa shape index (κ1) is 15.3. The van der Waals surface area contributed by atoms with Gasteiger partial charge in [-0.2, -0.15) is 0 Å². The van der Waals surface area contributed by atoms with E-state index in [4.69, 9.17) is 0 Å². The number of para-hydroxylation sites is 1. The lowest BCUT2D eigenvalue weighted by Crippen LogP contribution is -3.00. The highest BCUT2D eigenvalue weighted by Gasteiger charge is 2.06. The van der Waals surface area contributed by atoms with Crippen LogP contribution in [0.3, 0.4) is 0 Å². The molecule has 108 valence electrons. The number of aryl methyl sites for hydroxylation is 2. The van der Waals surface area contributed by atoms with Crippen LogP contribution in [-0.2, 0) is 0 Å². The zero-order valence-electron chi connectivity index (χ0n) is 11.8. The van der Waals surface area contributed by atoms with Crippen molar-refractivity contribution < 1.29 is 16.8 Å². The Labute approximate surface area is 129 Å². The summed E-state index contributed by atoms with van der Waals surface area (Å²) in [6.45, 7) is 4.03. The molecule has 2 aromatic carbocycles. The molecule has 0 bridgehead atoms. The van der Waals surface area contributed by atoms with E-state index in [0.29, 0.717) is 0 Å². The van der Waals surface area contributed by atoms with Gasteiger partial charge in [-0.15, -0.1) is 0 Å². The van der Waals surface area contributed by atoms with Crippen LogP contribution in [0.25, 0.3) is 10.9 Å². The molecule has 0 radical (unpaired) electrons. The van der Waals surface area contributed by atoms with E-state index in [2.05, 4.69) is 23.3 Å². The topological polar surface area (TPSA) is 24.9 Å². The van der Waals surface area contributed by atoms with Crippen molar-refractivity contribution in [3.8, 4) is 0 Å². The molecule has 1 N–H and O–H groups in total. The second-order valence-corrected chi connectivity index (χ2v) is 4.91. The van der Waals surface area contributed by atoms with Gasteiger partial charge in [0.1, 0.15) is 5.82 Å². The van der Waals surface area contributed by atoms with E-state index in [1.54, 1.807) is 12.1 Å². The summed E-state index contributed by atoms with van der Waals surface area (Å²) in [4.78, 5) is 4.59. The SMILES string of the molecule is Cc1cc(Nc2ccc(F)cc2)c2cccc(C)c2n1.[Cl-]. The standard InChI is InChI=1S/C17H15FN2.ClH/c1-11-4-3-5-15-16(10-12(2)19-17(11)15)20-14-8-6-13(18)7-9-14;/h3-10H,1-2H3,(H,19,20);1H/p-1. The average Bonchev–Trinajstić information content (AvgIpc) is 2.42. The van der Waals surface area contributed by atoms with Crippen LogP contribution in [0.15, 0.2) is 48.5 Å². The van der Waals surface area contributed by atoms with Crippen LogP contribution < -0.4 is 17.7 Å². The highest BCUT2D eigenvalue weighted by atomic mass is 35.5. The fourth-order valence-electron chi connectivity index (χ4n) is 2.31. The van der Waals surface area contributed by atoms with Gasteiger partial charge in [0.15, 0.2) is 0 Å². The van der Waals surface area contributed by atoms with E-state index < -0.39 is 0 Å². The Morgan fingerprint density at radius 1 is 1.00 bits per heavy atom. The molecule has 3 rings (SSSR count). The van der Waals surface area contributed by atoms with Gasteiger partial charge >= 0.3 is 0 Å². The number of nitrogens with one attached hydrogen (secondary N) is 1. The quantitative estimate of drug-likeness (QED) is 0.780. The molecule has 21 heavy (non-hydrogen) atoms. The van der Waals surface area contributed by atoms with Gasteiger partial charge in [0.2, 0.25) is 0 Å². The Morgan fingerprint density at radius 2 is 1.71 bits per heavy atom. The molecule has 0 saturated heterocycles. The molecule has 0 aliphatic rings. The van der Waals surface area contributed by atoms with Gasteiger partial charge < -0.3 is 17.7 Å². The smallest absolute Gasteiger partial charge is 0.123 e. The number of anilines is 2. The predicted molar refractivity (Wildman–Crippen MR) is 80.9 cm³/mol. The Kier molecular flexibility index (Phi) is 4.43. The highest BCUT2D eigenvalue weighted by molar-refractivity contribution is 5.94. The van der Waals surface area contributed by atoms with Crippen LogP contribution in [0.2, 0.25) is 0 Å². The second kappa shape index (κ2) is 6.10. The third kappa shape index (κ3) is 3.14. The molecule has 0 aliphatic heterocycles. The maximum atomic E-state index is 13.0. The third-order valence-electron chi connectivity index (χ3n) is 3.29. The fraction of sp³-hybridized carbons (Fsp3) is 0.118. The number of pyridine rings is 1. The summed E-state index contributed by atoms with van der Waals surface area (Å²) in [5.74, 6) is -0.234. The van der Waals surface area contributed by atoms with Gasteiger partial charge in [0.25, 0.3) is 0 Å². The number of benzene rings is 2. The van der Waals surface area contributed by atoms with E-state index in [9.17, 15) is 4.39 Å². The number of hydrogen-bond donors (Lipinski definition) is 1. The molecular weight excluding hydrogens is 287 g/mol. The number of fused-ring (bicyclic) bond motifs is 1. The maximum absolute atomic E-state index is 13.0. The molecule has 0 aliphatic carbocycles. The number of aromatic nitrogens is 1.